The maximum Gasteiger partial charge on any atom is 0.307 e. The summed E-state index contributed by atoms with van der Waals surface area (Å²) in [6.45, 7) is 5.74. The molecule has 136 valence electrons. The van der Waals surface area contributed by atoms with Crippen molar-refractivity contribution < 1.29 is 19.8 Å². The fourth-order valence-corrected chi connectivity index (χ4v) is 2.94. The summed E-state index contributed by atoms with van der Waals surface area (Å²) in [5, 5.41) is 26.8. The fourth-order valence-electron chi connectivity index (χ4n) is 2.12. The molecule has 0 saturated heterocycles. The lowest BCUT2D eigenvalue weighted by Gasteiger charge is -2.16. The Morgan fingerprint density at radius 3 is 2.42 bits per heavy atom. The van der Waals surface area contributed by atoms with Gasteiger partial charge in [-0.05, 0) is 29.8 Å². The molecule has 0 spiro atoms. The summed E-state index contributed by atoms with van der Waals surface area (Å²) in [5.41, 5.74) is 1.55. The molecular weight excluding hydrogens is 352 g/mol. The Hall–Kier alpha value is -2.67. The van der Waals surface area contributed by atoms with Crippen molar-refractivity contribution in [3.8, 4) is 5.75 Å². The molecule has 0 fully saturated rings. The number of carbonyl (C=O) groups is 2. The summed E-state index contributed by atoms with van der Waals surface area (Å²) in [4.78, 5) is 23.3. The maximum atomic E-state index is 12.3. The molecule has 0 unspecified atom stereocenters. The van der Waals surface area contributed by atoms with Gasteiger partial charge in [0.15, 0.2) is 0 Å². The minimum absolute atomic E-state index is 0.114. The van der Waals surface area contributed by atoms with Crippen LogP contribution in [0.25, 0.3) is 0 Å². The van der Waals surface area contributed by atoms with E-state index in [2.05, 4.69) is 10.2 Å². The molecular formula is C19H20N2O4S. The van der Waals surface area contributed by atoms with Crippen LogP contribution in [0.1, 0.15) is 36.7 Å². The normalized spacial score (nSPS) is 11.7. The van der Waals surface area contributed by atoms with E-state index < -0.39 is 5.97 Å². The zero-order valence-corrected chi connectivity index (χ0v) is 15.6. The Balaban J connectivity index is 2.28. The van der Waals surface area contributed by atoms with E-state index in [-0.39, 0.29) is 27.6 Å². The first-order chi connectivity index (χ1) is 12.2. The highest BCUT2D eigenvalue weighted by Crippen LogP contribution is 2.33. The number of aromatic hydroxyl groups is 1. The lowest BCUT2D eigenvalue weighted by atomic mass is 10.1. The van der Waals surface area contributed by atoms with Crippen molar-refractivity contribution in [3.63, 3.8) is 0 Å². The zero-order valence-electron chi connectivity index (χ0n) is 14.8. The molecule has 0 heterocycles. The Morgan fingerprint density at radius 2 is 1.77 bits per heavy atom. The number of azo groups is 1. The predicted molar refractivity (Wildman–Crippen MR) is 102 cm³/mol. The first-order valence-corrected chi connectivity index (χ1v) is 8.75. The summed E-state index contributed by atoms with van der Waals surface area (Å²) in [7, 11) is 0. The molecule has 0 aliphatic rings. The van der Waals surface area contributed by atoms with E-state index in [1.165, 1.54) is 18.2 Å². The quantitative estimate of drug-likeness (QED) is 0.711. The topological polar surface area (TPSA) is 99.3 Å². The first-order valence-electron chi connectivity index (χ1n) is 7.93. The third-order valence-electron chi connectivity index (χ3n) is 3.21. The Labute approximate surface area is 156 Å². The molecule has 0 amide bonds. The van der Waals surface area contributed by atoms with Gasteiger partial charge in [-0.15, -0.1) is 0 Å². The van der Waals surface area contributed by atoms with E-state index in [0.29, 0.717) is 16.9 Å². The summed E-state index contributed by atoms with van der Waals surface area (Å²) in [6.07, 6.45) is -0.156. The highest BCUT2D eigenvalue weighted by molar-refractivity contribution is 8.15. The maximum absolute atomic E-state index is 12.3. The van der Waals surface area contributed by atoms with E-state index >= 15 is 0 Å². The van der Waals surface area contributed by atoms with Gasteiger partial charge in [0.1, 0.15) is 5.75 Å². The third-order valence-corrected chi connectivity index (χ3v) is 4.22. The second-order valence-corrected chi connectivity index (χ2v) is 8.40. The van der Waals surface area contributed by atoms with E-state index in [0.717, 1.165) is 11.8 Å². The van der Waals surface area contributed by atoms with Crippen LogP contribution in [0.4, 0.5) is 11.4 Å². The Morgan fingerprint density at radius 1 is 1.08 bits per heavy atom. The average molecular weight is 372 g/mol. The van der Waals surface area contributed by atoms with Gasteiger partial charge in [0, 0.05) is 4.75 Å². The van der Waals surface area contributed by atoms with Crippen molar-refractivity contribution in [2.75, 3.05) is 0 Å². The van der Waals surface area contributed by atoms with Crippen LogP contribution in [0.15, 0.2) is 52.7 Å². The predicted octanol–water partition coefficient (Wildman–Crippen LogP) is 5.11. The zero-order chi connectivity index (χ0) is 19.3. The number of rotatable bonds is 5. The second kappa shape index (κ2) is 8.14. The minimum Gasteiger partial charge on any atom is -0.507 e. The number of hydrogen-bond acceptors (Lipinski definition) is 6. The molecule has 0 aliphatic carbocycles. The first kappa shape index (κ1) is 19.7. The molecule has 2 aromatic carbocycles. The van der Waals surface area contributed by atoms with E-state index in [1.54, 1.807) is 24.3 Å². The molecule has 6 nitrogen and oxygen atoms in total. The number of carboxylic acid groups (broad SMARTS) is 1. The van der Waals surface area contributed by atoms with Gasteiger partial charge < -0.3 is 10.2 Å². The van der Waals surface area contributed by atoms with Gasteiger partial charge in [-0.25, -0.2) is 0 Å². The molecule has 0 aromatic heterocycles. The van der Waals surface area contributed by atoms with Gasteiger partial charge in [0.2, 0.25) is 5.12 Å². The molecule has 2 rings (SSSR count). The molecule has 0 atom stereocenters. The highest BCUT2D eigenvalue weighted by atomic mass is 32.2. The van der Waals surface area contributed by atoms with Gasteiger partial charge >= 0.3 is 5.97 Å². The van der Waals surface area contributed by atoms with Crippen molar-refractivity contribution in [1.29, 1.82) is 0 Å². The van der Waals surface area contributed by atoms with Gasteiger partial charge in [0.05, 0.1) is 23.4 Å². The monoisotopic (exact) mass is 372 g/mol. The molecule has 0 saturated carbocycles. The Kier molecular flexibility index (Phi) is 6.15. The Bertz CT molecular complexity index is 857. The molecule has 0 radical (unpaired) electrons. The van der Waals surface area contributed by atoms with E-state index in [9.17, 15) is 14.7 Å². The number of carboxylic acids is 1. The molecule has 0 aliphatic heterocycles. The van der Waals surface area contributed by atoms with E-state index in [1.807, 2.05) is 20.8 Å². The van der Waals surface area contributed by atoms with Crippen LogP contribution >= 0.6 is 11.8 Å². The number of nitrogens with zero attached hydrogens (tertiary/aromatic N) is 2. The average Bonchev–Trinajstić information content (AvgIpc) is 2.53. The SMILES string of the molecule is CC(C)(C)SC(=O)c1cc(N=Nc2ccccc2CC(=O)O)ccc1O. The summed E-state index contributed by atoms with van der Waals surface area (Å²) in [6, 6.07) is 11.2. The van der Waals surface area contributed by atoms with Crippen LogP contribution in [0.5, 0.6) is 5.75 Å². The van der Waals surface area contributed by atoms with Crippen LogP contribution < -0.4 is 0 Å². The van der Waals surface area contributed by atoms with E-state index in [4.69, 9.17) is 5.11 Å². The standard InChI is InChI=1S/C19H20N2O4S/c1-19(2,3)26-18(25)14-11-13(8-9-16(14)22)20-21-15-7-5-4-6-12(15)10-17(23)24/h4-9,11,22H,10H2,1-3H3,(H,23,24). The number of phenols is 1. The number of carbonyl (C=O) groups excluding carboxylic acids is 1. The number of thioether (sulfide) groups is 1. The fraction of sp³-hybridized carbons (Fsp3) is 0.263. The number of benzene rings is 2. The van der Waals surface area contributed by atoms with Crippen LogP contribution in [0.3, 0.4) is 0 Å². The van der Waals surface area contributed by atoms with Crippen molar-refractivity contribution in [2.24, 2.45) is 10.2 Å². The van der Waals surface area contributed by atoms with Crippen LogP contribution in [-0.2, 0) is 11.2 Å². The van der Waals surface area contributed by atoms with Crippen molar-refractivity contribution in [3.05, 3.63) is 53.6 Å². The lowest BCUT2D eigenvalue weighted by molar-refractivity contribution is -0.136. The molecule has 26 heavy (non-hydrogen) atoms. The van der Waals surface area contributed by atoms with Crippen LogP contribution in [0, 0.1) is 0 Å². The molecule has 0 bridgehead atoms. The van der Waals surface area contributed by atoms with Crippen LogP contribution in [0.2, 0.25) is 0 Å². The lowest BCUT2D eigenvalue weighted by Crippen LogP contribution is -2.12. The molecule has 2 aromatic rings. The van der Waals surface area contributed by atoms with Crippen molar-refractivity contribution in [1.82, 2.24) is 0 Å². The second-order valence-electron chi connectivity index (χ2n) is 6.60. The van der Waals surface area contributed by atoms with Gasteiger partial charge in [0.25, 0.3) is 0 Å². The summed E-state index contributed by atoms with van der Waals surface area (Å²) >= 11 is 1.12. The molecule has 2 N–H and O–H groups in total. The number of phenolic OH excluding ortho intramolecular Hbond substituents is 1. The van der Waals surface area contributed by atoms with Gasteiger partial charge in [-0.1, -0.05) is 50.7 Å². The molecule has 7 heteroatoms. The van der Waals surface area contributed by atoms with Crippen molar-refractivity contribution >= 4 is 34.2 Å². The number of hydrogen-bond donors (Lipinski definition) is 2. The summed E-state index contributed by atoms with van der Waals surface area (Å²) < 4.78 is -0.281. The third kappa shape index (κ3) is 5.70. The largest absolute Gasteiger partial charge is 0.507 e. The smallest absolute Gasteiger partial charge is 0.307 e. The van der Waals surface area contributed by atoms with Gasteiger partial charge in [-0.3, -0.25) is 9.59 Å². The number of aliphatic carboxylic acids is 1. The highest BCUT2D eigenvalue weighted by Gasteiger charge is 2.21. The van der Waals surface area contributed by atoms with Gasteiger partial charge in [-0.2, -0.15) is 10.2 Å². The minimum atomic E-state index is -0.954. The van der Waals surface area contributed by atoms with Crippen molar-refractivity contribution in [2.45, 2.75) is 31.9 Å². The summed E-state index contributed by atoms with van der Waals surface area (Å²) in [5.74, 6) is -1.07. The van der Waals surface area contributed by atoms with Crippen LogP contribution in [-0.4, -0.2) is 26.0 Å².